The molecule has 1 aromatic heterocycles. The van der Waals surface area contributed by atoms with Gasteiger partial charge in [0, 0.05) is 45.5 Å². The van der Waals surface area contributed by atoms with Crippen LogP contribution in [-0.4, -0.2) is 52.3 Å². The number of carbonyl (C=O) groups is 1. The first-order valence-corrected chi connectivity index (χ1v) is 9.84. The summed E-state index contributed by atoms with van der Waals surface area (Å²) >= 11 is 0. The zero-order valence-electron chi connectivity index (χ0n) is 18.5. The van der Waals surface area contributed by atoms with Crippen LogP contribution in [0.3, 0.4) is 0 Å². The van der Waals surface area contributed by atoms with Gasteiger partial charge in [-0.2, -0.15) is 0 Å². The molecule has 0 aliphatic carbocycles. The van der Waals surface area contributed by atoms with Gasteiger partial charge in [0.15, 0.2) is 0 Å². The Hall–Kier alpha value is -2.05. The van der Waals surface area contributed by atoms with Gasteiger partial charge in [-0.1, -0.05) is 6.07 Å². The molecule has 0 saturated heterocycles. The molecule has 1 amide bonds. The molecule has 0 fully saturated rings. The zero-order chi connectivity index (χ0) is 21.3. The third kappa shape index (κ3) is 8.31. The number of pyridine rings is 1. The van der Waals surface area contributed by atoms with Crippen molar-refractivity contribution in [3.8, 4) is 0 Å². The predicted octanol–water partition coefficient (Wildman–Crippen LogP) is 3.16. The number of hydrogen-bond donors (Lipinski definition) is 2. The molecule has 0 aromatic carbocycles. The third-order valence-electron chi connectivity index (χ3n) is 4.73. The number of aryl methyl sites for hydroxylation is 2. The number of aliphatic hydroxyl groups is 1. The van der Waals surface area contributed by atoms with E-state index in [4.69, 9.17) is 0 Å². The van der Waals surface area contributed by atoms with E-state index in [0.29, 0.717) is 19.6 Å². The summed E-state index contributed by atoms with van der Waals surface area (Å²) in [5.74, 6) is -0.0170. The summed E-state index contributed by atoms with van der Waals surface area (Å²) in [4.78, 5) is 22.5. The van der Waals surface area contributed by atoms with Gasteiger partial charge in [0.25, 0.3) is 0 Å². The highest BCUT2D eigenvalue weighted by Gasteiger charge is 2.21. The van der Waals surface area contributed by atoms with E-state index < -0.39 is 5.60 Å². The molecule has 0 aliphatic rings. The number of amides is 1. The minimum atomic E-state index is -0.929. The van der Waals surface area contributed by atoms with Gasteiger partial charge in [0.2, 0.25) is 5.91 Å². The molecule has 0 spiro atoms. The van der Waals surface area contributed by atoms with Gasteiger partial charge in [-0.15, -0.1) is 0 Å². The molecule has 0 atom stereocenters. The molecule has 0 bridgehead atoms. The van der Waals surface area contributed by atoms with Crippen molar-refractivity contribution < 1.29 is 9.90 Å². The molecule has 0 unspecified atom stereocenters. The van der Waals surface area contributed by atoms with Crippen molar-refractivity contribution in [3.05, 3.63) is 40.4 Å². The summed E-state index contributed by atoms with van der Waals surface area (Å²) in [5.41, 5.74) is 4.13. The SMILES string of the molecule is C/C=N\C(CN(CCCNC(C)=O)Cc1ncc(C)cc1C)=C(/C)C(C)(C)O. The summed E-state index contributed by atoms with van der Waals surface area (Å²) in [5, 5.41) is 13.3. The highest BCUT2D eigenvalue weighted by molar-refractivity contribution is 5.72. The van der Waals surface area contributed by atoms with Crippen LogP contribution in [0.25, 0.3) is 0 Å². The number of hydrogen-bond acceptors (Lipinski definition) is 5. The van der Waals surface area contributed by atoms with E-state index in [-0.39, 0.29) is 5.91 Å². The Balaban J connectivity index is 3.05. The average molecular weight is 389 g/mol. The Labute approximate surface area is 169 Å². The summed E-state index contributed by atoms with van der Waals surface area (Å²) in [6.45, 7) is 15.7. The van der Waals surface area contributed by atoms with E-state index in [9.17, 15) is 9.90 Å². The van der Waals surface area contributed by atoms with Gasteiger partial charge >= 0.3 is 0 Å². The Morgan fingerprint density at radius 2 is 2.04 bits per heavy atom. The molecular weight excluding hydrogens is 352 g/mol. The number of nitrogens with zero attached hydrogens (tertiary/aromatic N) is 3. The highest BCUT2D eigenvalue weighted by atomic mass is 16.3. The second-order valence-corrected chi connectivity index (χ2v) is 7.84. The Morgan fingerprint density at radius 3 is 2.57 bits per heavy atom. The quantitative estimate of drug-likeness (QED) is 0.477. The van der Waals surface area contributed by atoms with Crippen molar-refractivity contribution >= 4 is 12.1 Å². The van der Waals surface area contributed by atoms with E-state index in [1.807, 2.05) is 27.0 Å². The van der Waals surface area contributed by atoms with Crippen LogP contribution in [0.4, 0.5) is 0 Å². The van der Waals surface area contributed by atoms with E-state index in [2.05, 4.69) is 33.2 Å². The Morgan fingerprint density at radius 1 is 1.36 bits per heavy atom. The lowest BCUT2D eigenvalue weighted by Gasteiger charge is -2.27. The maximum Gasteiger partial charge on any atom is 0.216 e. The van der Waals surface area contributed by atoms with E-state index >= 15 is 0 Å². The Kier molecular flexibility index (Phi) is 9.49. The van der Waals surface area contributed by atoms with Crippen LogP contribution in [0, 0.1) is 13.8 Å². The summed E-state index contributed by atoms with van der Waals surface area (Å²) < 4.78 is 0. The highest BCUT2D eigenvalue weighted by Crippen LogP contribution is 2.21. The Bertz CT molecular complexity index is 718. The van der Waals surface area contributed by atoms with Crippen LogP contribution in [-0.2, 0) is 11.3 Å². The largest absolute Gasteiger partial charge is 0.386 e. The summed E-state index contributed by atoms with van der Waals surface area (Å²) in [7, 11) is 0. The zero-order valence-corrected chi connectivity index (χ0v) is 18.5. The fourth-order valence-corrected chi connectivity index (χ4v) is 2.88. The van der Waals surface area contributed by atoms with Gasteiger partial charge in [-0.3, -0.25) is 19.7 Å². The van der Waals surface area contributed by atoms with E-state index in [1.165, 1.54) is 6.92 Å². The molecule has 28 heavy (non-hydrogen) atoms. The van der Waals surface area contributed by atoms with Crippen LogP contribution in [0.2, 0.25) is 0 Å². The monoisotopic (exact) mass is 388 g/mol. The summed E-state index contributed by atoms with van der Waals surface area (Å²) in [6, 6.07) is 2.14. The van der Waals surface area contributed by atoms with Crippen molar-refractivity contribution in [2.75, 3.05) is 19.6 Å². The number of nitrogens with one attached hydrogen (secondary N) is 1. The van der Waals surface area contributed by atoms with Gasteiger partial charge in [0.1, 0.15) is 0 Å². The fourth-order valence-electron chi connectivity index (χ4n) is 2.88. The number of aliphatic imine (C=N–C) groups is 1. The van der Waals surface area contributed by atoms with Crippen molar-refractivity contribution in [3.63, 3.8) is 0 Å². The van der Waals surface area contributed by atoms with Crippen LogP contribution >= 0.6 is 0 Å². The van der Waals surface area contributed by atoms with E-state index in [0.717, 1.165) is 41.1 Å². The van der Waals surface area contributed by atoms with Crippen molar-refractivity contribution in [1.82, 2.24) is 15.2 Å². The average Bonchev–Trinajstić information content (AvgIpc) is 2.58. The normalized spacial score (nSPS) is 13.2. The van der Waals surface area contributed by atoms with Gasteiger partial charge in [-0.05, 0) is 64.7 Å². The first-order valence-electron chi connectivity index (χ1n) is 9.84. The third-order valence-corrected chi connectivity index (χ3v) is 4.73. The number of aromatic nitrogens is 1. The molecule has 0 aliphatic heterocycles. The van der Waals surface area contributed by atoms with Gasteiger partial charge in [0.05, 0.1) is 17.0 Å². The first kappa shape index (κ1) is 24.0. The smallest absolute Gasteiger partial charge is 0.216 e. The van der Waals surface area contributed by atoms with Crippen LogP contribution in [0.5, 0.6) is 0 Å². The first-order chi connectivity index (χ1) is 13.0. The molecule has 2 N–H and O–H groups in total. The van der Waals surface area contributed by atoms with Crippen molar-refractivity contribution in [2.24, 2.45) is 4.99 Å². The second kappa shape index (κ2) is 11.1. The molecular formula is C22H36N4O2. The minimum absolute atomic E-state index is 0.0170. The van der Waals surface area contributed by atoms with Crippen molar-refractivity contribution in [2.45, 2.75) is 67.0 Å². The molecule has 156 valence electrons. The predicted molar refractivity (Wildman–Crippen MR) is 115 cm³/mol. The molecule has 0 radical (unpaired) electrons. The van der Waals surface area contributed by atoms with Gasteiger partial charge in [-0.25, -0.2) is 0 Å². The molecule has 6 nitrogen and oxygen atoms in total. The van der Waals surface area contributed by atoms with E-state index in [1.54, 1.807) is 20.1 Å². The minimum Gasteiger partial charge on any atom is -0.386 e. The maximum atomic E-state index is 11.1. The second-order valence-electron chi connectivity index (χ2n) is 7.84. The lowest BCUT2D eigenvalue weighted by atomic mass is 9.97. The van der Waals surface area contributed by atoms with Gasteiger partial charge < -0.3 is 10.4 Å². The maximum absolute atomic E-state index is 11.1. The van der Waals surface area contributed by atoms with Crippen molar-refractivity contribution in [1.29, 1.82) is 0 Å². The van der Waals surface area contributed by atoms with Crippen LogP contribution in [0.15, 0.2) is 28.5 Å². The molecule has 6 heteroatoms. The van der Waals surface area contributed by atoms with Crippen LogP contribution < -0.4 is 5.32 Å². The number of carbonyl (C=O) groups excluding carboxylic acids is 1. The van der Waals surface area contributed by atoms with Crippen LogP contribution in [0.1, 0.15) is 57.9 Å². The molecule has 1 heterocycles. The fraction of sp³-hybridized carbons (Fsp3) is 0.591. The molecule has 1 aromatic rings. The summed E-state index contributed by atoms with van der Waals surface area (Å²) in [6.07, 6.45) is 4.48. The topological polar surface area (TPSA) is 77.8 Å². The molecule has 1 rings (SSSR count). The lowest BCUT2D eigenvalue weighted by Crippen LogP contribution is -2.32. The lowest BCUT2D eigenvalue weighted by molar-refractivity contribution is -0.118. The standard InChI is InChI=1S/C22H36N4O2/c1-8-23-21(18(4)22(6,7)28)15-26(11-9-10-24-19(5)27)14-20-17(3)12-16(2)13-25-20/h8,12-13,28H,9-11,14-15H2,1-7H3,(H,24,27)/b21-18+,23-8-. The number of rotatable bonds is 10. The molecule has 0 saturated carbocycles.